The number of pyridine rings is 1. The van der Waals surface area contributed by atoms with E-state index in [1.54, 1.807) is 12.3 Å². The maximum Gasteiger partial charge on any atom is 0.247 e. The first kappa shape index (κ1) is 19.6. The van der Waals surface area contributed by atoms with Gasteiger partial charge < -0.3 is 19.6 Å². The monoisotopic (exact) mass is 394 g/mol. The summed E-state index contributed by atoms with van der Waals surface area (Å²) in [6, 6.07) is 15.3. The lowest BCUT2D eigenvalue weighted by Crippen LogP contribution is -2.37. The Balaban J connectivity index is 1.51. The second kappa shape index (κ2) is 9.22. The number of aliphatic hydroxyl groups is 1. The predicted octanol–water partition coefficient (Wildman–Crippen LogP) is 2.66. The number of β-amino-alcohol motifs (C(OH)–C–C–N with tert-alkyl or cyclic N) is 1. The molecule has 152 valence electrons. The van der Waals surface area contributed by atoms with Crippen molar-refractivity contribution in [1.82, 2.24) is 9.88 Å². The smallest absolute Gasteiger partial charge is 0.247 e. The van der Waals surface area contributed by atoms with Crippen molar-refractivity contribution in [2.24, 2.45) is 0 Å². The van der Waals surface area contributed by atoms with Crippen molar-refractivity contribution in [2.75, 3.05) is 39.5 Å². The molecule has 3 aromatic rings. The number of aromatic nitrogens is 1. The van der Waals surface area contributed by atoms with Gasteiger partial charge in [0.15, 0.2) is 0 Å². The van der Waals surface area contributed by atoms with Crippen LogP contribution >= 0.6 is 0 Å². The van der Waals surface area contributed by atoms with E-state index < -0.39 is 6.10 Å². The Labute approximate surface area is 169 Å². The van der Waals surface area contributed by atoms with Crippen LogP contribution in [-0.4, -0.2) is 60.5 Å². The highest BCUT2D eigenvalue weighted by Crippen LogP contribution is 2.32. The molecule has 1 aliphatic rings. The van der Waals surface area contributed by atoms with Gasteiger partial charge in [0.1, 0.15) is 18.5 Å². The number of rotatable bonds is 6. The molecule has 6 nitrogen and oxygen atoms in total. The summed E-state index contributed by atoms with van der Waals surface area (Å²) in [4.78, 5) is 16.4. The van der Waals surface area contributed by atoms with Crippen LogP contribution in [0.25, 0.3) is 21.9 Å². The largest absolute Gasteiger partial charge is 0.491 e. The van der Waals surface area contributed by atoms with Crippen LogP contribution in [0.2, 0.25) is 0 Å². The van der Waals surface area contributed by atoms with Crippen molar-refractivity contribution >= 4 is 10.8 Å². The number of H-pyrrole nitrogens is 1. The third-order valence-corrected chi connectivity index (χ3v) is 5.16. The van der Waals surface area contributed by atoms with E-state index in [0.29, 0.717) is 18.9 Å². The van der Waals surface area contributed by atoms with Crippen LogP contribution in [0.5, 0.6) is 5.75 Å². The summed E-state index contributed by atoms with van der Waals surface area (Å²) < 4.78 is 11.4. The van der Waals surface area contributed by atoms with E-state index in [1.807, 2.05) is 30.3 Å². The Kier molecular flexibility index (Phi) is 6.24. The molecule has 6 heteroatoms. The molecule has 4 rings (SSSR count). The van der Waals surface area contributed by atoms with E-state index >= 15 is 0 Å². The third-order valence-electron chi connectivity index (χ3n) is 5.16. The third kappa shape index (κ3) is 5.03. The van der Waals surface area contributed by atoms with Crippen LogP contribution in [-0.2, 0) is 4.74 Å². The van der Waals surface area contributed by atoms with Crippen LogP contribution in [0.4, 0.5) is 0 Å². The van der Waals surface area contributed by atoms with E-state index in [-0.39, 0.29) is 12.2 Å². The topological polar surface area (TPSA) is 74.8 Å². The van der Waals surface area contributed by atoms with E-state index in [2.05, 4.69) is 16.0 Å². The second-order valence-electron chi connectivity index (χ2n) is 7.36. The summed E-state index contributed by atoms with van der Waals surface area (Å²) in [5.74, 6) is 0.697. The lowest BCUT2D eigenvalue weighted by molar-refractivity contribution is 0.0659. The van der Waals surface area contributed by atoms with E-state index in [0.717, 1.165) is 48.0 Å². The molecular weight excluding hydrogens is 368 g/mol. The normalized spacial score (nSPS) is 16.4. The second-order valence-corrected chi connectivity index (χ2v) is 7.36. The molecule has 1 fully saturated rings. The minimum absolute atomic E-state index is 0.132. The fourth-order valence-corrected chi connectivity index (χ4v) is 3.71. The van der Waals surface area contributed by atoms with Crippen molar-refractivity contribution in [1.29, 1.82) is 0 Å². The van der Waals surface area contributed by atoms with Gasteiger partial charge in [0.2, 0.25) is 5.56 Å². The number of aromatic amines is 1. The van der Waals surface area contributed by atoms with Gasteiger partial charge in [-0.25, -0.2) is 0 Å². The number of ether oxygens (including phenoxy) is 2. The van der Waals surface area contributed by atoms with Crippen LogP contribution in [0.15, 0.2) is 59.5 Å². The minimum atomic E-state index is -0.573. The maximum atomic E-state index is 11.4. The van der Waals surface area contributed by atoms with Crippen molar-refractivity contribution in [2.45, 2.75) is 12.5 Å². The van der Waals surface area contributed by atoms with Crippen molar-refractivity contribution in [3.8, 4) is 16.9 Å². The number of nitrogens with zero attached hydrogens (tertiary/aromatic N) is 1. The Morgan fingerprint density at radius 1 is 1.14 bits per heavy atom. The number of hydrogen-bond acceptors (Lipinski definition) is 5. The van der Waals surface area contributed by atoms with Gasteiger partial charge in [0.05, 0.1) is 6.61 Å². The molecule has 1 saturated heterocycles. The fourth-order valence-electron chi connectivity index (χ4n) is 3.71. The quantitative estimate of drug-likeness (QED) is 0.672. The zero-order chi connectivity index (χ0) is 20.1. The summed E-state index contributed by atoms with van der Waals surface area (Å²) in [6.45, 7) is 4.06. The standard InChI is InChI=1S/C23H26N2O4/c26-19(15-25-8-3-10-28-11-9-25)16-29-20-12-17-4-1-2-5-21(17)22(13-20)18-6-7-23(27)24-14-18/h1-2,4-7,12-14,19,26H,3,8-11,15-16H2,(H,24,27). The fraction of sp³-hybridized carbons (Fsp3) is 0.348. The first-order valence-corrected chi connectivity index (χ1v) is 10.0. The lowest BCUT2D eigenvalue weighted by atomic mass is 9.99. The van der Waals surface area contributed by atoms with Gasteiger partial charge in [-0.3, -0.25) is 9.69 Å². The zero-order valence-electron chi connectivity index (χ0n) is 16.3. The van der Waals surface area contributed by atoms with Crippen molar-refractivity contribution < 1.29 is 14.6 Å². The highest BCUT2D eigenvalue weighted by Gasteiger charge is 2.15. The summed E-state index contributed by atoms with van der Waals surface area (Å²) in [5.41, 5.74) is 1.76. The molecule has 0 radical (unpaired) electrons. The number of nitrogens with one attached hydrogen (secondary N) is 1. The van der Waals surface area contributed by atoms with E-state index in [4.69, 9.17) is 9.47 Å². The highest BCUT2D eigenvalue weighted by atomic mass is 16.5. The number of fused-ring (bicyclic) bond motifs is 1. The lowest BCUT2D eigenvalue weighted by Gasteiger charge is -2.23. The van der Waals surface area contributed by atoms with Crippen molar-refractivity contribution in [3.63, 3.8) is 0 Å². The molecule has 0 saturated carbocycles. The van der Waals surface area contributed by atoms with Gasteiger partial charge in [-0.05, 0) is 46.5 Å². The highest BCUT2D eigenvalue weighted by molar-refractivity contribution is 5.97. The SMILES string of the molecule is O=c1ccc(-c2cc(OCC(O)CN3CCCOCC3)cc3ccccc23)c[nH]1. The van der Waals surface area contributed by atoms with Gasteiger partial charge in [0, 0.05) is 38.5 Å². The molecule has 2 N–H and O–H groups in total. The number of hydrogen-bond donors (Lipinski definition) is 2. The van der Waals surface area contributed by atoms with Crippen molar-refractivity contribution in [3.05, 3.63) is 65.1 Å². The molecule has 0 bridgehead atoms. The molecule has 0 aliphatic carbocycles. The van der Waals surface area contributed by atoms with E-state index in [9.17, 15) is 9.90 Å². The average Bonchev–Trinajstić information content (AvgIpc) is 3.01. The Morgan fingerprint density at radius 3 is 2.90 bits per heavy atom. The van der Waals surface area contributed by atoms with Crippen LogP contribution in [0, 0.1) is 0 Å². The summed E-state index contributed by atoms with van der Waals surface area (Å²) >= 11 is 0. The summed E-state index contributed by atoms with van der Waals surface area (Å²) in [5, 5.41) is 12.6. The average molecular weight is 394 g/mol. The molecule has 2 heterocycles. The van der Waals surface area contributed by atoms with Gasteiger partial charge in [-0.2, -0.15) is 0 Å². The number of aliphatic hydroxyl groups excluding tert-OH is 1. The Morgan fingerprint density at radius 2 is 2.03 bits per heavy atom. The molecule has 0 amide bonds. The van der Waals surface area contributed by atoms with Gasteiger partial charge in [-0.1, -0.05) is 24.3 Å². The molecule has 0 spiro atoms. The molecule has 1 unspecified atom stereocenters. The van der Waals surface area contributed by atoms with Gasteiger partial charge >= 0.3 is 0 Å². The summed E-state index contributed by atoms with van der Waals surface area (Å²) in [6.07, 6.45) is 2.13. The Bertz CT molecular complexity index is 989. The van der Waals surface area contributed by atoms with Gasteiger partial charge in [-0.15, -0.1) is 0 Å². The molecule has 1 aromatic heterocycles. The van der Waals surface area contributed by atoms with Crippen LogP contribution in [0.3, 0.4) is 0 Å². The molecule has 1 aliphatic heterocycles. The Hall–Kier alpha value is -2.67. The van der Waals surface area contributed by atoms with E-state index in [1.165, 1.54) is 6.07 Å². The summed E-state index contributed by atoms with van der Waals surface area (Å²) in [7, 11) is 0. The molecule has 1 atom stereocenters. The first-order valence-electron chi connectivity index (χ1n) is 10.0. The number of benzene rings is 2. The first-order chi connectivity index (χ1) is 14.2. The maximum absolute atomic E-state index is 11.4. The molecular formula is C23H26N2O4. The van der Waals surface area contributed by atoms with Crippen LogP contribution in [0.1, 0.15) is 6.42 Å². The zero-order valence-corrected chi connectivity index (χ0v) is 16.3. The van der Waals surface area contributed by atoms with Crippen LogP contribution < -0.4 is 10.3 Å². The molecule has 29 heavy (non-hydrogen) atoms. The minimum Gasteiger partial charge on any atom is -0.491 e. The molecule has 2 aromatic carbocycles. The predicted molar refractivity (Wildman–Crippen MR) is 113 cm³/mol. The van der Waals surface area contributed by atoms with Gasteiger partial charge in [0.25, 0.3) is 0 Å².